The van der Waals surface area contributed by atoms with Crippen LogP contribution in [0.25, 0.3) is 0 Å². The summed E-state index contributed by atoms with van der Waals surface area (Å²) in [5.74, 6) is -0.917. The highest BCUT2D eigenvalue weighted by molar-refractivity contribution is 6.05. The zero-order valence-corrected chi connectivity index (χ0v) is 15.9. The smallest absolute Gasteiger partial charge is 0.255 e. The molecule has 2 heterocycles. The number of nitrogens with one attached hydrogen (secondary N) is 1. The fraction of sp³-hybridized carbons (Fsp3) is 0.318. The lowest BCUT2D eigenvalue weighted by atomic mass is 10.0. The van der Waals surface area contributed by atoms with Crippen molar-refractivity contribution < 1.29 is 19.1 Å². The maximum absolute atomic E-state index is 12.8. The molecule has 2 saturated heterocycles. The average molecular weight is 391 g/mol. The van der Waals surface area contributed by atoms with E-state index in [9.17, 15) is 9.59 Å². The van der Waals surface area contributed by atoms with E-state index >= 15 is 0 Å². The molecule has 0 unspecified atom stereocenters. The Balaban J connectivity index is 1.39. The lowest BCUT2D eigenvalue weighted by Crippen LogP contribution is -2.47. The van der Waals surface area contributed by atoms with E-state index in [2.05, 4.69) is 5.32 Å². The Labute approximate surface area is 168 Å². The average Bonchev–Trinajstić information content (AvgIpc) is 3.22. The molecule has 148 valence electrons. The molecule has 1 spiro atoms. The van der Waals surface area contributed by atoms with Crippen molar-refractivity contribution in [2.75, 3.05) is 31.6 Å². The first-order valence-electron chi connectivity index (χ1n) is 9.58. The fourth-order valence-corrected chi connectivity index (χ4v) is 3.67. The van der Waals surface area contributed by atoms with Gasteiger partial charge in [0.1, 0.15) is 6.07 Å². The van der Waals surface area contributed by atoms with Gasteiger partial charge in [0.25, 0.3) is 11.8 Å². The number of ether oxygens (including phenoxy) is 2. The first kappa shape index (κ1) is 19.1. The number of anilines is 1. The van der Waals surface area contributed by atoms with Crippen LogP contribution in [0.1, 0.15) is 39.1 Å². The largest absolute Gasteiger partial charge is 0.347 e. The van der Waals surface area contributed by atoms with E-state index in [1.54, 1.807) is 53.4 Å². The van der Waals surface area contributed by atoms with Crippen molar-refractivity contribution >= 4 is 17.5 Å². The molecular weight excluding hydrogens is 370 g/mol. The van der Waals surface area contributed by atoms with E-state index in [0.717, 1.165) is 0 Å². The number of piperidine rings is 1. The number of likely N-dealkylation sites (tertiary alicyclic amines) is 1. The molecule has 7 nitrogen and oxygen atoms in total. The minimum absolute atomic E-state index is 0.0698. The summed E-state index contributed by atoms with van der Waals surface area (Å²) in [6.45, 7) is 2.37. The van der Waals surface area contributed by atoms with Gasteiger partial charge in [0, 0.05) is 37.1 Å². The molecule has 2 aliphatic heterocycles. The van der Waals surface area contributed by atoms with Crippen LogP contribution in [0.5, 0.6) is 0 Å². The van der Waals surface area contributed by atoms with Gasteiger partial charge in [-0.05, 0) is 36.4 Å². The zero-order valence-electron chi connectivity index (χ0n) is 15.9. The molecule has 0 aromatic heterocycles. The van der Waals surface area contributed by atoms with E-state index in [1.807, 2.05) is 6.07 Å². The summed E-state index contributed by atoms with van der Waals surface area (Å²) in [5.41, 5.74) is 1.80. The summed E-state index contributed by atoms with van der Waals surface area (Å²) in [6, 6.07) is 15.4. The number of nitriles is 1. The van der Waals surface area contributed by atoms with Crippen LogP contribution in [0.3, 0.4) is 0 Å². The van der Waals surface area contributed by atoms with Gasteiger partial charge < -0.3 is 19.7 Å². The van der Waals surface area contributed by atoms with Crippen LogP contribution < -0.4 is 5.32 Å². The third kappa shape index (κ3) is 3.99. The molecule has 0 bridgehead atoms. The normalized spacial score (nSPS) is 17.7. The van der Waals surface area contributed by atoms with Crippen molar-refractivity contribution in [1.82, 2.24) is 4.90 Å². The number of rotatable bonds is 3. The van der Waals surface area contributed by atoms with Gasteiger partial charge in [-0.2, -0.15) is 5.26 Å². The van der Waals surface area contributed by atoms with Gasteiger partial charge in [0.05, 0.1) is 24.5 Å². The first-order valence-corrected chi connectivity index (χ1v) is 9.58. The standard InChI is InChI=1S/C22H21N3O4/c23-15-18-3-1-2-4-19(18)24-20(26)16-5-7-17(8-6-16)21(27)25-11-9-22(10-12-25)28-13-14-29-22/h1-8H,9-14H2,(H,24,26). The molecule has 2 aromatic carbocycles. The summed E-state index contributed by atoms with van der Waals surface area (Å²) in [4.78, 5) is 27.0. The Hall–Kier alpha value is -3.21. The van der Waals surface area contributed by atoms with Crippen LogP contribution in [0.2, 0.25) is 0 Å². The van der Waals surface area contributed by atoms with Crippen LogP contribution in [0, 0.1) is 11.3 Å². The van der Waals surface area contributed by atoms with Crippen LogP contribution in [-0.4, -0.2) is 48.8 Å². The lowest BCUT2D eigenvalue weighted by Gasteiger charge is -2.37. The van der Waals surface area contributed by atoms with Crippen molar-refractivity contribution in [2.24, 2.45) is 0 Å². The Morgan fingerprint density at radius 3 is 2.24 bits per heavy atom. The number of carbonyl (C=O) groups excluding carboxylic acids is 2. The molecule has 29 heavy (non-hydrogen) atoms. The van der Waals surface area contributed by atoms with Crippen LogP contribution in [-0.2, 0) is 9.47 Å². The van der Waals surface area contributed by atoms with Gasteiger partial charge in [0.15, 0.2) is 5.79 Å². The van der Waals surface area contributed by atoms with Crippen molar-refractivity contribution in [1.29, 1.82) is 5.26 Å². The molecule has 1 N–H and O–H groups in total. The second kappa shape index (κ2) is 8.03. The molecular formula is C22H21N3O4. The summed E-state index contributed by atoms with van der Waals surface area (Å²) in [6.07, 6.45) is 1.33. The summed E-state index contributed by atoms with van der Waals surface area (Å²) in [5, 5.41) is 11.9. The third-order valence-electron chi connectivity index (χ3n) is 5.32. The number of carbonyl (C=O) groups is 2. The molecule has 0 aliphatic carbocycles. The molecule has 2 aromatic rings. The Morgan fingerprint density at radius 1 is 0.966 bits per heavy atom. The predicted octanol–water partition coefficient (Wildman–Crippen LogP) is 2.79. The van der Waals surface area contributed by atoms with Gasteiger partial charge in [-0.15, -0.1) is 0 Å². The summed E-state index contributed by atoms with van der Waals surface area (Å²) < 4.78 is 11.4. The second-order valence-electron chi connectivity index (χ2n) is 7.09. The Morgan fingerprint density at radius 2 is 1.59 bits per heavy atom. The molecule has 0 radical (unpaired) electrons. The van der Waals surface area contributed by atoms with Crippen molar-refractivity contribution in [3.8, 4) is 6.07 Å². The van der Waals surface area contributed by atoms with E-state index in [4.69, 9.17) is 14.7 Å². The molecule has 0 atom stereocenters. The van der Waals surface area contributed by atoms with Crippen molar-refractivity contribution in [2.45, 2.75) is 18.6 Å². The van der Waals surface area contributed by atoms with Gasteiger partial charge in [-0.3, -0.25) is 9.59 Å². The Bertz CT molecular complexity index is 949. The highest BCUT2D eigenvalue weighted by Gasteiger charge is 2.40. The number of hydrogen-bond acceptors (Lipinski definition) is 5. The third-order valence-corrected chi connectivity index (χ3v) is 5.32. The van der Waals surface area contributed by atoms with E-state index < -0.39 is 5.79 Å². The topological polar surface area (TPSA) is 91.7 Å². The van der Waals surface area contributed by atoms with Gasteiger partial charge in [-0.1, -0.05) is 12.1 Å². The maximum atomic E-state index is 12.8. The molecule has 4 rings (SSSR count). The first-order chi connectivity index (χ1) is 14.1. The van der Waals surface area contributed by atoms with Crippen LogP contribution >= 0.6 is 0 Å². The van der Waals surface area contributed by atoms with Gasteiger partial charge in [-0.25, -0.2) is 0 Å². The molecule has 7 heteroatoms. The highest BCUT2D eigenvalue weighted by atomic mass is 16.7. The molecule has 2 amide bonds. The molecule has 0 saturated carbocycles. The number of benzene rings is 2. The second-order valence-corrected chi connectivity index (χ2v) is 7.09. The molecule has 2 aliphatic rings. The summed E-state index contributed by atoms with van der Waals surface area (Å²) in [7, 11) is 0. The van der Waals surface area contributed by atoms with E-state index in [-0.39, 0.29) is 11.8 Å². The SMILES string of the molecule is N#Cc1ccccc1NC(=O)c1ccc(C(=O)N2CCC3(CC2)OCCO3)cc1. The quantitative estimate of drug-likeness (QED) is 0.869. The zero-order chi connectivity index (χ0) is 20.3. The molecule has 2 fully saturated rings. The minimum atomic E-state index is -0.515. The van der Waals surface area contributed by atoms with Gasteiger partial charge >= 0.3 is 0 Å². The van der Waals surface area contributed by atoms with Crippen LogP contribution in [0.15, 0.2) is 48.5 Å². The number of amides is 2. The fourth-order valence-electron chi connectivity index (χ4n) is 3.67. The van der Waals surface area contributed by atoms with E-state index in [0.29, 0.717) is 61.5 Å². The van der Waals surface area contributed by atoms with E-state index in [1.165, 1.54) is 0 Å². The maximum Gasteiger partial charge on any atom is 0.255 e. The van der Waals surface area contributed by atoms with Crippen molar-refractivity contribution in [3.63, 3.8) is 0 Å². The monoisotopic (exact) mass is 391 g/mol. The lowest BCUT2D eigenvalue weighted by molar-refractivity contribution is -0.181. The van der Waals surface area contributed by atoms with Crippen LogP contribution in [0.4, 0.5) is 5.69 Å². The number of hydrogen-bond donors (Lipinski definition) is 1. The summed E-state index contributed by atoms with van der Waals surface area (Å²) >= 11 is 0. The number of para-hydroxylation sites is 1. The van der Waals surface area contributed by atoms with Crippen molar-refractivity contribution in [3.05, 3.63) is 65.2 Å². The number of nitrogens with zero attached hydrogens (tertiary/aromatic N) is 2. The highest BCUT2D eigenvalue weighted by Crippen LogP contribution is 2.31. The van der Waals surface area contributed by atoms with Gasteiger partial charge in [0.2, 0.25) is 0 Å². The Kier molecular flexibility index (Phi) is 5.30. The minimum Gasteiger partial charge on any atom is -0.347 e. The predicted molar refractivity (Wildman–Crippen MR) is 105 cm³/mol.